The summed E-state index contributed by atoms with van der Waals surface area (Å²) in [6.07, 6.45) is 1.55. The highest BCUT2D eigenvalue weighted by atomic mass is 16.3. The van der Waals surface area contributed by atoms with Gasteiger partial charge in [0.25, 0.3) is 0 Å². The Labute approximate surface area is 137 Å². The average Bonchev–Trinajstić information content (AvgIpc) is 2.48. The van der Waals surface area contributed by atoms with Crippen LogP contribution in [0.25, 0.3) is 0 Å². The van der Waals surface area contributed by atoms with Gasteiger partial charge in [0.2, 0.25) is 5.43 Å². The molecule has 0 radical (unpaired) electrons. The molecule has 0 fully saturated rings. The van der Waals surface area contributed by atoms with Crippen molar-refractivity contribution in [3.05, 3.63) is 63.6 Å². The number of nitrogens with zero attached hydrogens (tertiary/aromatic N) is 2. The predicted molar refractivity (Wildman–Crippen MR) is 91.6 cm³/mol. The van der Waals surface area contributed by atoms with Gasteiger partial charge in [-0.05, 0) is 16.5 Å². The van der Waals surface area contributed by atoms with E-state index in [-0.39, 0.29) is 16.6 Å². The highest BCUT2D eigenvalue weighted by Crippen LogP contribution is 2.23. The van der Waals surface area contributed by atoms with Gasteiger partial charge in [-0.2, -0.15) is 0 Å². The molecule has 0 atom stereocenters. The topological polar surface area (TPSA) is 45.5 Å². The number of hydrogen-bond acceptors (Lipinski definition) is 3. The van der Waals surface area contributed by atoms with Crippen LogP contribution < -0.4 is 5.43 Å². The summed E-state index contributed by atoms with van der Waals surface area (Å²) in [5.41, 5.74) is 3.46. The Kier molecular flexibility index (Phi) is 4.02. The minimum atomic E-state index is -0.298. The third-order valence-electron chi connectivity index (χ3n) is 4.47. The molecule has 0 spiro atoms. The zero-order valence-corrected chi connectivity index (χ0v) is 14.0. The smallest absolute Gasteiger partial charge is 0.223 e. The van der Waals surface area contributed by atoms with E-state index in [9.17, 15) is 9.90 Å². The Morgan fingerprint density at radius 2 is 1.83 bits per heavy atom. The first-order chi connectivity index (χ1) is 10.8. The molecule has 1 aliphatic rings. The Morgan fingerprint density at radius 1 is 1.13 bits per heavy atom. The van der Waals surface area contributed by atoms with Crippen molar-refractivity contribution in [2.24, 2.45) is 0 Å². The number of benzene rings is 1. The van der Waals surface area contributed by atoms with Crippen LogP contribution in [0.2, 0.25) is 0 Å². The fourth-order valence-corrected chi connectivity index (χ4v) is 3.01. The lowest BCUT2D eigenvalue weighted by atomic mass is 9.87. The summed E-state index contributed by atoms with van der Waals surface area (Å²) in [4.78, 5) is 13.9. The molecule has 1 aromatic carbocycles. The van der Waals surface area contributed by atoms with Crippen LogP contribution in [0.5, 0.6) is 5.75 Å². The Hall–Kier alpha value is -2.07. The maximum absolute atomic E-state index is 11.6. The van der Waals surface area contributed by atoms with Crippen LogP contribution in [0.15, 0.2) is 41.3 Å². The van der Waals surface area contributed by atoms with E-state index >= 15 is 0 Å². The number of aromatic nitrogens is 1. The van der Waals surface area contributed by atoms with Crippen molar-refractivity contribution in [2.45, 2.75) is 45.8 Å². The summed E-state index contributed by atoms with van der Waals surface area (Å²) in [6.45, 7) is 9.97. The van der Waals surface area contributed by atoms with Crippen molar-refractivity contribution in [2.75, 3.05) is 6.54 Å². The zero-order chi connectivity index (χ0) is 16.6. The van der Waals surface area contributed by atoms with Crippen LogP contribution in [-0.2, 0) is 25.0 Å². The number of pyridine rings is 1. The molecule has 0 unspecified atom stereocenters. The van der Waals surface area contributed by atoms with Gasteiger partial charge in [-0.3, -0.25) is 9.69 Å². The maximum atomic E-state index is 11.6. The second-order valence-electron chi connectivity index (χ2n) is 7.37. The van der Waals surface area contributed by atoms with Gasteiger partial charge < -0.3 is 9.67 Å². The van der Waals surface area contributed by atoms with Crippen LogP contribution in [0.3, 0.4) is 0 Å². The average molecular weight is 312 g/mol. The molecule has 2 heterocycles. The minimum Gasteiger partial charge on any atom is -0.503 e. The molecule has 4 heteroatoms. The highest BCUT2D eigenvalue weighted by molar-refractivity contribution is 5.28. The van der Waals surface area contributed by atoms with Crippen molar-refractivity contribution in [3.63, 3.8) is 0 Å². The molecule has 0 saturated heterocycles. The first-order valence-electron chi connectivity index (χ1n) is 8.07. The fraction of sp³-hybridized carbons (Fsp3) is 0.421. The molecular formula is C19H24N2O2. The van der Waals surface area contributed by atoms with Gasteiger partial charge in [0.05, 0.1) is 6.20 Å². The van der Waals surface area contributed by atoms with E-state index in [1.807, 2.05) is 4.57 Å². The lowest BCUT2D eigenvalue weighted by Crippen LogP contribution is -2.34. The quantitative estimate of drug-likeness (QED) is 0.927. The largest absolute Gasteiger partial charge is 0.503 e. The molecule has 3 rings (SSSR count). The van der Waals surface area contributed by atoms with Gasteiger partial charge in [0.15, 0.2) is 5.75 Å². The molecule has 0 amide bonds. The van der Waals surface area contributed by atoms with E-state index in [1.54, 1.807) is 12.3 Å². The van der Waals surface area contributed by atoms with E-state index in [2.05, 4.69) is 49.9 Å². The first-order valence-corrected chi connectivity index (χ1v) is 8.07. The third kappa shape index (κ3) is 3.48. The van der Waals surface area contributed by atoms with Crippen LogP contribution in [0, 0.1) is 0 Å². The molecule has 122 valence electrons. The summed E-state index contributed by atoms with van der Waals surface area (Å²) in [7, 11) is 0. The van der Waals surface area contributed by atoms with Gasteiger partial charge in [0.1, 0.15) is 0 Å². The lowest BCUT2D eigenvalue weighted by Gasteiger charge is -2.30. The minimum absolute atomic E-state index is 0.167. The lowest BCUT2D eigenvalue weighted by molar-refractivity contribution is 0.210. The molecule has 4 nitrogen and oxygen atoms in total. The van der Waals surface area contributed by atoms with Gasteiger partial charge in [-0.15, -0.1) is 0 Å². The van der Waals surface area contributed by atoms with Gasteiger partial charge in [-0.25, -0.2) is 0 Å². The second-order valence-corrected chi connectivity index (χ2v) is 7.37. The van der Waals surface area contributed by atoms with Crippen molar-refractivity contribution in [1.82, 2.24) is 9.47 Å². The maximum Gasteiger partial charge on any atom is 0.223 e. The van der Waals surface area contributed by atoms with E-state index in [4.69, 9.17) is 0 Å². The monoisotopic (exact) mass is 312 g/mol. The highest BCUT2D eigenvalue weighted by Gasteiger charge is 2.18. The molecule has 1 aromatic heterocycles. The van der Waals surface area contributed by atoms with Crippen LogP contribution in [-0.4, -0.2) is 21.1 Å². The SMILES string of the molecule is CC(C)(C)c1ccc(CN2CCn3cc(O)c(=O)cc3C2)cc1. The predicted octanol–water partition coefficient (Wildman–Crippen LogP) is 2.87. The van der Waals surface area contributed by atoms with E-state index in [0.717, 1.165) is 31.9 Å². The van der Waals surface area contributed by atoms with Crippen LogP contribution in [0.4, 0.5) is 0 Å². The van der Waals surface area contributed by atoms with Crippen LogP contribution in [0.1, 0.15) is 37.6 Å². The number of hydrogen-bond donors (Lipinski definition) is 1. The Bertz CT molecular complexity index is 754. The van der Waals surface area contributed by atoms with Crippen molar-refractivity contribution in [3.8, 4) is 5.75 Å². The summed E-state index contributed by atoms with van der Waals surface area (Å²) < 4.78 is 1.97. The standard InChI is InChI=1S/C19H24N2O2/c1-19(2,3)15-6-4-14(5-7-15)11-20-8-9-21-13-18(23)17(22)10-16(21)12-20/h4-7,10,13,23H,8-9,11-12H2,1-3H3. The first kappa shape index (κ1) is 15.8. The molecule has 0 bridgehead atoms. The Balaban J connectivity index is 1.72. The Morgan fingerprint density at radius 3 is 2.48 bits per heavy atom. The van der Waals surface area contributed by atoms with E-state index in [0.29, 0.717) is 0 Å². The summed E-state index contributed by atoms with van der Waals surface area (Å²) in [5, 5.41) is 9.52. The molecule has 0 aliphatic carbocycles. The van der Waals surface area contributed by atoms with Crippen molar-refractivity contribution >= 4 is 0 Å². The van der Waals surface area contributed by atoms with E-state index < -0.39 is 0 Å². The van der Waals surface area contributed by atoms with E-state index in [1.165, 1.54) is 11.1 Å². The normalized spacial score (nSPS) is 15.4. The molecule has 1 N–H and O–H groups in total. The third-order valence-corrected chi connectivity index (χ3v) is 4.47. The number of fused-ring (bicyclic) bond motifs is 1. The van der Waals surface area contributed by atoms with Gasteiger partial charge in [0, 0.05) is 37.9 Å². The molecule has 0 saturated carbocycles. The summed E-state index contributed by atoms with van der Waals surface area (Å²) >= 11 is 0. The second kappa shape index (κ2) is 5.85. The number of aromatic hydroxyl groups is 1. The molecule has 1 aliphatic heterocycles. The molecule has 23 heavy (non-hydrogen) atoms. The fourth-order valence-electron chi connectivity index (χ4n) is 3.01. The van der Waals surface area contributed by atoms with Crippen LogP contribution >= 0.6 is 0 Å². The van der Waals surface area contributed by atoms with Crippen molar-refractivity contribution < 1.29 is 5.11 Å². The molecular weight excluding hydrogens is 288 g/mol. The number of rotatable bonds is 2. The van der Waals surface area contributed by atoms with Gasteiger partial charge in [-0.1, -0.05) is 45.0 Å². The van der Waals surface area contributed by atoms with Gasteiger partial charge >= 0.3 is 0 Å². The summed E-state index contributed by atoms with van der Waals surface area (Å²) in [5.74, 6) is -0.167. The molecule has 2 aromatic rings. The zero-order valence-electron chi connectivity index (χ0n) is 14.0. The van der Waals surface area contributed by atoms with Crippen molar-refractivity contribution in [1.29, 1.82) is 0 Å². The summed E-state index contributed by atoms with van der Waals surface area (Å²) in [6, 6.07) is 10.3.